The summed E-state index contributed by atoms with van der Waals surface area (Å²) in [5.74, 6) is -0.856. The molecule has 5 nitrogen and oxygen atoms in total. The molecular weight excluding hydrogens is 258 g/mol. The molecule has 0 spiro atoms. The fraction of sp³-hybridized carbons (Fsp3) is 0.400. The summed E-state index contributed by atoms with van der Waals surface area (Å²) in [4.78, 5) is 34.9. The molecule has 1 aliphatic heterocycles. The summed E-state index contributed by atoms with van der Waals surface area (Å²) in [6.45, 7) is 0.624. The second kappa shape index (κ2) is 6.84. The number of carbonyl (C=O) groups excluding carboxylic acids is 3. The minimum Gasteiger partial charge on any atom is -0.452 e. The summed E-state index contributed by atoms with van der Waals surface area (Å²) in [6.07, 6.45) is 0.731. The zero-order chi connectivity index (χ0) is 14.4. The minimum atomic E-state index is -0.705. The molecular formula is C15H17NO4. The van der Waals surface area contributed by atoms with Gasteiger partial charge in [-0.05, 0) is 12.8 Å². The number of esters is 1. The molecule has 0 radical (unpaired) electrons. The average Bonchev–Trinajstić information content (AvgIpc) is 2.48. The molecule has 0 bridgehead atoms. The Morgan fingerprint density at radius 2 is 1.95 bits per heavy atom. The smallest absolute Gasteiger partial charge is 0.307 e. The number of carbonyl (C=O) groups is 3. The van der Waals surface area contributed by atoms with E-state index in [4.69, 9.17) is 4.74 Å². The number of piperidine rings is 1. The van der Waals surface area contributed by atoms with Crippen LogP contribution in [0.15, 0.2) is 30.3 Å². The standard InChI is InChI=1S/C15H17NO4/c17-12(11-5-2-1-3-6-11)8-9-14(18)20-13-7-4-10-16-15(13)19/h1-3,5-6,13H,4,7-10H2,(H,16,19). The van der Waals surface area contributed by atoms with Crippen LogP contribution in [0.2, 0.25) is 0 Å². The number of ketones is 1. The van der Waals surface area contributed by atoms with Gasteiger partial charge in [0.2, 0.25) is 0 Å². The van der Waals surface area contributed by atoms with E-state index in [2.05, 4.69) is 5.32 Å². The van der Waals surface area contributed by atoms with Crippen molar-refractivity contribution in [2.75, 3.05) is 6.54 Å². The third-order valence-corrected chi connectivity index (χ3v) is 3.16. The molecule has 1 aromatic carbocycles. The average molecular weight is 275 g/mol. The van der Waals surface area contributed by atoms with Crippen molar-refractivity contribution in [3.63, 3.8) is 0 Å². The van der Waals surface area contributed by atoms with Crippen molar-refractivity contribution in [1.29, 1.82) is 0 Å². The molecule has 0 aliphatic carbocycles. The van der Waals surface area contributed by atoms with Gasteiger partial charge in [-0.2, -0.15) is 0 Å². The van der Waals surface area contributed by atoms with Crippen LogP contribution in [-0.2, 0) is 14.3 Å². The maximum absolute atomic E-state index is 11.8. The monoisotopic (exact) mass is 275 g/mol. The largest absolute Gasteiger partial charge is 0.452 e. The number of nitrogens with one attached hydrogen (secondary N) is 1. The van der Waals surface area contributed by atoms with Gasteiger partial charge in [-0.1, -0.05) is 30.3 Å². The van der Waals surface area contributed by atoms with Gasteiger partial charge in [0.15, 0.2) is 11.9 Å². The lowest BCUT2D eigenvalue weighted by molar-refractivity contribution is -0.157. The van der Waals surface area contributed by atoms with E-state index in [1.807, 2.05) is 6.07 Å². The van der Waals surface area contributed by atoms with Gasteiger partial charge >= 0.3 is 5.97 Å². The highest BCUT2D eigenvalue weighted by molar-refractivity contribution is 5.97. The highest BCUT2D eigenvalue weighted by Crippen LogP contribution is 2.10. The van der Waals surface area contributed by atoms with E-state index in [1.54, 1.807) is 24.3 Å². The quantitative estimate of drug-likeness (QED) is 0.652. The third-order valence-electron chi connectivity index (χ3n) is 3.16. The van der Waals surface area contributed by atoms with Crippen molar-refractivity contribution in [2.24, 2.45) is 0 Å². The first-order valence-corrected chi connectivity index (χ1v) is 6.72. The summed E-state index contributed by atoms with van der Waals surface area (Å²) in [5, 5.41) is 2.65. The summed E-state index contributed by atoms with van der Waals surface area (Å²) < 4.78 is 5.09. The van der Waals surface area contributed by atoms with E-state index in [0.717, 1.165) is 6.42 Å². The van der Waals surface area contributed by atoms with Gasteiger partial charge in [0.1, 0.15) is 0 Å². The Balaban J connectivity index is 1.77. The predicted octanol–water partition coefficient (Wildman–Crippen LogP) is 1.47. The van der Waals surface area contributed by atoms with Crippen LogP contribution in [0.4, 0.5) is 0 Å². The van der Waals surface area contributed by atoms with Gasteiger partial charge in [-0.15, -0.1) is 0 Å². The first-order valence-electron chi connectivity index (χ1n) is 6.72. The first-order chi connectivity index (χ1) is 9.66. The maximum atomic E-state index is 11.8. The summed E-state index contributed by atoms with van der Waals surface area (Å²) in [5.41, 5.74) is 0.579. The van der Waals surface area contributed by atoms with Crippen LogP contribution < -0.4 is 5.32 Å². The highest BCUT2D eigenvalue weighted by atomic mass is 16.5. The molecule has 1 saturated heterocycles. The van der Waals surface area contributed by atoms with Crippen molar-refractivity contribution < 1.29 is 19.1 Å². The lowest BCUT2D eigenvalue weighted by atomic mass is 10.1. The van der Waals surface area contributed by atoms with Crippen LogP contribution in [-0.4, -0.2) is 30.3 Å². The van der Waals surface area contributed by atoms with Gasteiger partial charge in [0.25, 0.3) is 5.91 Å². The third kappa shape index (κ3) is 3.91. The van der Waals surface area contributed by atoms with Crippen LogP contribution in [0.1, 0.15) is 36.0 Å². The van der Waals surface area contributed by atoms with Crippen molar-refractivity contribution in [1.82, 2.24) is 5.32 Å². The Labute approximate surface area is 117 Å². The molecule has 1 amide bonds. The lowest BCUT2D eigenvalue weighted by Gasteiger charge is -2.21. The second-order valence-corrected chi connectivity index (χ2v) is 4.70. The molecule has 20 heavy (non-hydrogen) atoms. The minimum absolute atomic E-state index is 0.00247. The highest BCUT2D eigenvalue weighted by Gasteiger charge is 2.25. The number of benzene rings is 1. The van der Waals surface area contributed by atoms with Gasteiger partial charge in [0, 0.05) is 18.5 Å². The molecule has 1 aliphatic rings. The van der Waals surface area contributed by atoms with Crippen LogP contribution in [0, 0.1) is 0 Å². The molecule has 106 valence electrons. The normalized spacial score (nSPS) is 18.2. The molecule has 1 fully saturated rings. The van der Waals surface area contributed by atoms with Crippen molar-refractivity contribution >= 4 is 17.7 Å². The maximum Gasteiger partial charge on any atom is 0.307 e. The molecule has 2 rings (SSSR count). The SMILES string of the molecule is O=C(CCC(=O)c1ccccc1)OC1CCCNC1=O. The lowest BCUT2D eigenvalue weighted by Crippen LogP contribution is -2.42. The number of Topliss-reactive ketones (excluding diaryl/α,β-unsaturated/α-hetero) is 1. The van der Waals surface area contributed by atoms with E-state index in [0.29, 0.717) is 18.5 Å². The van der Waals surface area contributed by atoms with E-state index in [1.165, 1.54) is 0 Å². The van der Waals surface area contributed by atoms with Crippen molar-refractivity contribution in [3.8, 4) is 0 Å². The Hall–Kier alpha value is -2.17. The van der Waals surface area contributed by atoms with Crippen molar-refractivity contribution in [3.05, 3.63) is 35.9 Å². The number of ether oxygens (including phenoxy) is 1. The van der Waals surface area contributed by atoms with E-state index in [-0.39, 0.29) is 24.5 Å². The molecule has 1 heterocycles. The summed E-state index contributed by atoms with van der Waals surface area (Å²) in [7, 11) is 0. The Morgan fingerprint density at radius 3 is 2.65 bits per heavy atom. The van der Waals surface area contributed by atoms with Gasteiger partial charge in [-0.3, -0.25) is 14.4 Å². The zero-order valence-corrected chi connectivity index (χ0v) is 11.1. The van der Waals surface area contributed by atoms with Crippen LogP contribution in [0.3, 0.4) is 0 Å². The van der Waals surface area contributed by atoms with Gasteiger partial charge < -0.3 is 10.1 Å². The fourth-order valence-electron chi connectivity index (χ4n) is 2.06. The number of amides is 1. The molecule has 1 N–H and O–H groups in total. The molecule has 1 atom stereocenters. The second-order valence-electron chi connectivity index (χ2n) is 4.70. The summed E-state index contributed by atoms with van der Waals surface area (Å²) >= 11 is 0. The van der Waals surface area contributed by atoms with E-state index in [9.17, 15) is 14.4 Å². The van der Waals surface area contributed by atoms with E-state index >= 15 is 0 Å². The fourth-order valence-corrected chi connectivity index (χ4v) is 2.06. The number of rotatable bonds is 5. The molecule has 1 aromatic rings. The topological polar surface area (TPSA) is 72.5 Å². The Morgan fingerprint density at radius 1 is 1.20 bits per heavy atom. The molecule has 0 aromatic heterocycles. The van der Waals surface area contributed by atoms with Gasteiger partial charge in [0.05, 0.1) is 6.42 Å². The number of hydrogen-bond acceptors (Lipinski definition) is 4. The van der Waals surface area contributed by atoms with E-state index < -0.39 is 12.1 Å². The summed E-state index contributed by atoms with van der Waals surface area (Å²) in [6, 6.07) is 8.80. The molecule has 5 heteroatoms. The van der Waals surface area contributed by atoms with Crippen molar-refractivity contribution in [2.45, 2.75) is 31.8 Å². The molecule has 1 unspecified atom stereocenters. The number of hydrogen-bond donors (Lipinski definition) is 1. The zero-order valence-electron chi connectivity index (χ0n) is 11.1. The van der Waals surface area contributed by atoms with Crippen LogP contribution >= 0.6 is 0 Å². The first kappa shape index (κ1) is 14.2. The van der Waals surface area contributed by atoms with Gasteiger partial charge in [-0.25, -0.2) is 0 Å². The Kier molecular flexibility index (Phi) is 4.87. The molecule has 0 saturated carbocycles. The van der Waals surface area contributed by atoms with Crippen LogP contribution in [0.5, 0.6) is 0 Å². The Bertz CT molecular complexity index is 498. The van der Waals surface area contributed by atoms with Crippen LogP contribution in [0.25, 0.3) is 0 Å². The predicted molar refractivity (Wildman–Crippen MR) is 72.1 cm³/mol.